The molecule has 0 radical (unpaired) electrons. The molecule has 0 fully saturated rings. The average molecular weight is 488 g/mol. The van der Waals surface area contributed by atoms with Gasteiger partial charge in [0.05, 0.1) is 0 Å². The summed E-state index contributed by atoms with van der Waals surface area (Å²) in [5.74, 6) is 0.184. The summed E-state index contributed by atoms with van der Waals surface area (Å²) >= 11 is 0. The van der Waals surface area contributed by atoms with Gasteiger partial charge in [-0.3, -0.25) is 0 Å². The van der Waals surface area contributed by atoms with E-state index in [0.717, 1.165) is 32.9 Å². The maximum absolute atomic E-state index is 11.7. The first-order chi connectivity index (χ1) is 16.9. The Labute approximate surface area is 204 Å². The van der Waals surface area contributed by atoms with Crippen LogP contribution in [-0.2, 0) is 25.3 Å². The van der Waals surface area contributed by atoms with Gasteiger partial charge in [0.1, 0.15) is 28.1 Å². The molecule has 4 rings (SSSR count). The monoisotopic (exact) mass is 487 g/mol. The molecule has 8 heteroatoms. The molecule has 0 saturated carbocycles. The van der Waals surface area contributed by atoms with Crippen molar-refractivity contribution in [3.63, 3.8) is 0 Å². The lowest BCUT2D eigenvalue weighted by Crippen LogP contribution is -2.14. The Bertz CT molecular complexity index is 1290. The summed E-state index contributed by atoms with van der Waals surface area (Å²) in [6.07, 6.45) is 3.23. The molecule has 0 aliphatic carbocycles. The number of esters is 3. The van der Waals surface area contributed by atoms with E-state index in [1.807, 2.05) is 24.3 Å². The van der Waals surface area contributed by atoms with Crippen molar-refractivity contribution in [2.75, 3.05) is 0 Å². The number of rotatable bonds is 7. The van der Waals surface area contributed by atoms with E-state index in [0.29, 0.717) is 28.7 Å². The van der Waals surface area contributed by atoms with Gasteiger partial charge in [0, 0.05) is 42.5 Å². The quantitative estimate of drug-likeness (QED) is 0.154. The fraction of sp³-hybridized carbons (Fsp3) is 0. The van der Waals surface area contributed by atoms with Gasteiger partial charge >= 0.3 is 17.9 Å². The first-order valence-electron chi connectivity index (χ1n) is 10.2. The Morgan fingerprint density at radius 2 is 1.03 bits per heavy atom. The highest BCUT2D eigenvalue weighted by Gasteiger charge is 2.40. The Hall–Kier alpha value is -4.56. The van der Waals surface area contributed by atoms with Crippen LogP contribution in [-0.4, -0.2) is 17.9 Å². The van der Waals surface area contributed by atoms with E-state index in [-0.39, 0.29) is 0 Å². The minimum absolute atomic E-state index is 0.293. The molecule has 1 aliphatic heterocycles. The average Bonchev–Trinajstić information content (AvgIpc) is 2.87. The Morgan fingerprint density at radius 1 is 0.629 bits per heavy atom. The molecule has 0 saturated heterocycles. The molecule has 7 nitrogen and oxygen atoms in total. The third kappa shape index (κ3) is 5.18. The first kappa shape index (κ1) is 23.6. The second-order valence-corrected chi connectivity index (χ2v) is 8.94. The zero-order valence-corrected chi connectivity index (χ0v) is 19.2. The van der Waals surface area contributed by atoms with Crippen molar-refractivity contribution in [2.45, 2.75) is 14.7 Å². The minimum atomic E-state index is -0.633. The van der Waals surface area contributed by atoms with E-state index in [1.54, 1.807) is 36.4 Å². The largest absolute Gasteiger partial charge is 0.446 e. The highest BCUT2D eigenvalue weighted by molar-refractivity contribution is 7.97. The Morgan fingerprint density at radius 3 is 1.46 bits per heavy atom. The maximum Gasteiger partial charge on any atom is 0.335 e. The Kier molecular flexibility index (Phi) is 6.84. The van der Waals surface area contributed by atoms with Crippen molar-refractivity contribution in [3.05, 3.63) is 98.6 Å². The molecule has 174 valence electrons. The highest BCUT2D eigenvalue weighted by atomic mass is 32.2. The molecule has 3 aromatic rings. The molecule has 0 unspecified atom stereocenters. The lowest BCUT2D eigenvalue weighted by molar-refractivity contribution is -0.129. The van der Waals surface area contributed by atoms with Crippen LogP contribution in [0.3, 0.4) is 0 Å². The number of fused-ring (bicyclic) bond motifs is 2. The molecule has 0 N–H and O–H groups in total. The van der Waals surface area contributed by atoms with Crippen LogP contribution in [0.5, 0.6) is 28.7 Å². The van der Waals surface area contributed by atoms with Crippen LogP contribution in [0, 0.1) is 0 Å². The van der Waals surface area contributed by atoms with E-state index >= 15 is 0 Å². The summed E-state index contributed by atoms with van der Waals surface area (Å²) in [7, 11) is -0.633. The number of benzene rings is 3. The van der Waals surface area contributed by atoms with E-state index < -0.39 is 28.8 Å². The van der Waals surface area contributed by atoms with E-state index in [1.165, 1.54) is 0 Å². The van der Waals surface area contributed by atoms with Gasteiger partial charge in [0.15, 0.2) is 16.4 Å². The summed E-state index contributed by atoms with van der Waals surface area (Å²) in [5, 5.41) is 0. The molecule has 0 spiro atoms. The van der Waals surface area contributed by atoms with Crippen LogP contribution < -0.4 is 18.9 Å². The summed E-state index contributed by atoms with van der Waals surface area (Å²) in [5.41, 5.74) is 0. The fourth-order valence-electron chi connectivity index (χ4n) is 3.21. The van der Waals surface area contributed by atoms with Crippen molar-refractivity contribution in [2.24, 2.45) is 0 Å². The van der Waals surface area contributed by atoms with Gasteiger partial charge in [-0.25, -0.2) is 14.4 Å². The number of carbonyl (C=O) groups excluding carboxylic acids is 3. The van der Waals surface area contributed by atoms with Crippen molar-refractivity contribution >= 4 is 28.8 Å². The second-order valence-electron chi connectivity index (χ2n) is 6.97. The van der Waals surface area contributed by atoms with Gasteiger partial charge in [-0.05, 0) is 36.4 Å². The van der Waals surface area contributed by atoms with Crippen molar-refractivity contribution in [1.29, 1.82) is 0 Å². The van der Waals surface area contributed by atoms with Crippen molar-refractivity contribution in [3.8, 4) is 28.7 Å². The highest BCUT2D eigenvalue weighted by Crippen LogP contribution is 2.49. The third-order valence-electron chi connectivity index (χ3n) is 4.70. The van der Waals surface area contributed by atoms with Crippen LogP contribution >= 0.6 is 0 Å². The molecule has 1 aliphatic rings. The van der Waals surface area contributed by atoms with Gasteiger partial charge in [-0.1, -0.05) is 19.7 Å². The van der Waals surface area contributed by atoms with Gasteiger partial charge in [0.2, 0.25) is 9.79 Å². The predicted octanol–water partition coefficient (Wildman–Crippen LogP) is 5.16. The zero-order chi connectivity index (χ0) is 24.9. The molecule has 1 heterocycles. The molecule has 35 heavy (non-hydrogen) atoms. The zero-order valence-electron chi connectivity index (χ0n) is 18.4. The smallest absolute Gasteiger partial charge is 0.335 e. The van der Waals surface area contributed by atoms with Gasteiger partial charge in [0.25, 0.3) is 0 Å². The van der Waals surface area contributed by atoms with E-state index in [9.17, 15) is 14.4 Å². The molecule has 0 aromatic heterocycles. The summed E-state index contributed by atoms with van der Waals surface area (Å²) in [4.78, 5) is 37.5. The van der Waals surface area contributed by atoms with Crippen LogP contribution in [0.25, 0.3) is 0 Å². The van der Waals surface area contributed by atoms with Crippen molar-refractivity contribution in [1.82, 2.24) is 0 Å². The van der Waals surface area contributed by atoms with Gasteiger partial charge in [-0.2, -0.15) is 0 Å². The van der Waals surface area contributed by atoms with E-state index in [2.05, 4.69) is 19.7 Å². The van der Waals surface area contributed by atoms with Crippen LogP contribution in [0.2, 0.25) is 0 Å². The minimum Gasteiger partial charge on any atom is -0.446 e. The topological polar surface area (TPSA) is 88.1 Å². The predicted molar refractivity (Wildman–Crippen MR) is 129 cm³/mol. The second kappa shape index (κ2) is 10.1. The summed E-state index contributed by atoms with van der Waals surface area (Å²) < 4.78 is 21.8. The lowest BCUT2D eigenvalue weighted by atomic mass is 10.3. The SMILES string of the molecule is C=CC(=O)Oc1ccc([S+]2c3ccc(OC(=O)C=C)cc3Oc3cc(OC(=O)C=C)ccc32)cc1. The van der Waals surface area contributed by atoms with Crippen LogP contribution in [0.1, 0.15) is 0 Å². The third-order valence-corrected chi connectivity index (χ3v) is 7.00. The molecular formula is C27H19O7S+. The maximum atomic E-state index is 11.7. The standard InChI is InChI=1S/C27H19O7S/c1-4-25(28)31-17-7-11-20(12-8-17)35-23-13-9-18(32-26(29)5-2)15-21(23)34-22-16-19(10-14-24(22)35)33-27(30)6-3/h4-16H,1-3H2/q+1. The van der Waals surface area contributed by atoms with Crippen LogP contribution in [0.4, 0.5) is 0 Å². The van der Waals surface area contributed by atoms with Crippen LogP contribution in [0.15, 0.2) is 113 Å². The molecule has 0 amide bonds. The van der Waals surface area contributed by atoms with Gasteiger partial charge in [-0.15, -0.1) is 0 Å². The first-order valence-corrected chi connectivity index (χ1v) is 11.5. The normalized spacial score (nSPS) is 11.7. The lowest BCUT2D eigenvalue weighted by Gasteiger charge is -2.21. The summed E-state index contributed by atoms with van der Waals surface area (Å²) in [6.45, 7) is 10.2. The fourth-order valence-corrected chi connectivity index (χ4v) is 5.37. The molecule has 3 aromatic carbocycles. The Balaban J connectivity index is 1.77. The molecular weight excluding hydrogens is 468 g/mol. The number of ether oxygens (including phenoxy) is 4. The molecule has 0 atom stereocenters. The number of hydrogen-bond acceptors (Lipinski definition) is 7. The van der Waals surface area contributed by atoms with Gasteiger partial charge < -0.3 is 18.9 Å². The summed E-state index contributed by atoms with van der Waals surface area (Å²) in [6, 6.07) is 17.3. The number of carbonyl (C=O) groups is 3. The number of hydrogen-bond donors (Lipinski definition) is 0. The van der Waals surface area contributed by atoms with Crippen molar-refractivity contribution < 1.29 is 33.3 Å². The molecule has 0 bridgehead atoms. The van der Waals surface area contributed by atoms with E-state index in [4.69, 9.17) is 18.9 Å².